The Morgan fingerprint density at radius 3 is 2.18 bits per heavy atom. The van der Waals surface area contributed by atoms with E-state index in [0.29, 0.717) is 11.1 Å². The summed E-state index contributed by atoms with van der Waals surface area (Å²) >= 11 is 0. The van der Waals surface area contributed by atoms with Gasteiger partial charge in [-0.2, -0.15) is 0 Å². The van der Waals surface area contributed by atoms with Crippen LogP contribution in [-0.2, 0) is 4.79 Å². The molecular formula is C22H17FN2O3. The van der Waals surface area contributed by atoms with E-state index in [0.717, 1.165) is 0 Å². The third-order valence-electron chi connectivity index (χ3n) is 3.86. The van der Waals surface area contributed by atoms with E-state index >= 15 is 0 Å². The molecule has 28 heavy (non-hydrogen) atoms. The molecule has 5 nitrogen and oxygen atoms in total. The number of carbonyl (C=O) groups is 2. The van der Waals surface area contributed by atoms with Crippen LogP contribution in [0.4, 0.5) is 10.1 Å². The fourth-order valence-electron chi connectivity index (χ4n) is 2.44. The Kier molecular flexibility index (Phi) is 5.81. The number of anilines is 1. The predicted octanol–water partition coefficient (Wildman–Crippen LogP) is 3.94. The number of phenols is 1. The lowest BCUT2D eigenvalue weighted by Gasteiger charge is -2.12. The third-order valence-corrected chi connectivity index (χ3v) is 3.86. The minimum Gasteiger partial charge on any atom is -0.506 e. The highest BCUT2D eigenvalue weighted by Gasteiger charge is 2.16. The number of nitrogens with one attached hydrogen (secondary N) is 2. The molecule has 3 N–H and O–H groups in total. The normalized spacial score (nSPS) is 11.0. The summed E-state index contributed by atoms with van der Waals surface area (Å²) in [6, 6.07) is 20.1. The van der Waals surface area contributed by atoms with Crippen molar-refractivity contribution < 1.29 is 19.1 Å². The smallest absolute Gasteiger partial charge is 0.272 e. The van der Waals surface area contributed by atoms with Crippen molar-refractivity contribution >= 4 is 23.6 Å². The van der Waals surface area contributed by atoms with Crippen molar-refractivity contribution in [3.63, 3.8) is 0 Å². The quantitative estimate of drug-likeness (QED) is 0.466. The molecule has 0 bridgehead atoms. The molecule has 0 heterocycles. The van der Waals surface area contributed by atoms with E-state index in [2.05, 4.69) is 10.6 Å². The fraction of sp³-hybridized carbons (Fsp3) is 0. The number of amides is 2. The van der Waals surface area contributed by atoms with Crippen molar-refractivity contribution in [2.45, 2.75) is 0 Å². The molecule has 0 atom stereocenters. The van der Waals surface area contributed by atoms with E-state index in [1.54, 1.807) is 42.5 Å². The summed E-state index contributed by atoms with van der Waals surface area (Å²) in [5.41, 5.74) is 1.05. The molecule has 0 spiro atoms. The first-order chi connectivity index (χ1) is 13.5. The van der Waals surface area contributed by atoms with Crippen molar-refractivity contribution in [1.29, 1.82) is 0 Å². The van der Waals surface area contributed by atoms with Crippen molar-refractivity contribution in [2.24, 2.45) is 0 Å². The van der Waals surface area contributed by atoms with Crippen molar-refractivity contribution in [1.82, 2.24) is 5.32 Å². The predicted molar refractivity (Wildman–Crippen MR) is 105 cm³/mol. The van der Waals surface area contributed by atoms with Gasteiger partial charge in [0.1, 0.15) is 17.3 Å². The number of aromatic hydroxyl groups is 1. The molecule has 0 aliphatic rings. The van der Waals surface area contributed by atoms with Gasteiger partial charge in [-0.05, 0) is 48.0 Å². The molecule has 6 heteroatoms. The number of para-hydroxylation sites is 2. The van der Waals surface area contributed by atoms with Gasteiger partial charge in [0.05, 0.1) is 5.69 Å². The molecule has 3 rings (SSSR count). The first kappa shape index (κ1) is 18.8. The zero-order valence-electron chi connectivity index (χ0n) is 14.7. The number of hydrogen-bond donors (Lipinski definition) is 3. The molecule has 0 aromatic heterocycles. The second-order valence-corrected chi connectivity index (χ2v) is 5.90. The first-order valence-corrected chi connectivity index (χ1v) is 8.46. The molecule has 3 aromatic carbocycles. The summed E-state index contributed by atoms with van der Waals surface area (Å²) in [7, 11) is 0. The van der Waals surface area contributed by atoms with Gasteiger partial charge >= 0.3 is 0 Å². The van der Waals surface area contributed by atoms with Gasteiger partial charge in [-0.3, -0.25) is 9.59 Å². The van der Waals surface area contributed by atoms with Gasteiger partial charge in [-0.15, -0.1) is 0 Å². The van der Waals surface area contributed by atoms with Crippen LogP contribution in [0.15, 0.2) is 84.6 Å². The first-order valence-electron chi connectivity index (χ1n) is 8.46. The van der Waals surface area contributed by atoms with Crippen molar-refractivity contribution in [3.05, 3.63) is 102 Å². The molecular weight excluding hydrogens is 359 g/mol. The number of carbonyl (C=O) groups excluding carboxylic acids is 2. The van der Waals surface area contributed by atoms with E-state index in [-0.39, 0.29) is 17.1 Å². The molecule has 0 unspecified atom stereocenters. The third kappa shape index (κ3) is 4.82. The summed E-state index contributed by atoms with van der Waals surface area (Å²) in [4.78, 5) is 25.2. The van der Waals surface area contributed by atoms with Crippen LogP contribution in [0.1, 0.15) is 15.9 Å². The Morgan fingerprint density at radius 2 is 1.50 bits per heavy atom. The Labute approximate surface area is 161 Å². The largest absolute Gasteiger partial charge is 0.506 e. The highest BCUT2D eigenvalue weighted by Crippen LogP contribution is 2.22. The topological polar surface area (TPSA) is 78.4 Å². The standard InChI is InChI=1S/C22H17FN2O3/c23-17-12-10-15(11-13-17)14-19(25-21(27)16-6-2-1-3-7-16)22(28)24-18-8-4-5-9-20(18)26/h1-14,26H,(H,24,28)(H,25,27). The fourth-order valence-corrected chi connectivity index (χ4v) is 2.44. The van der Waals surface area contributed by atoms with Crippen LogP contribution >= 0.6 is 0 Å². The summed E-state index contributed by atoms with van der Waals surface area (Å²) in [5.74, 6) is -1.62. The lowest BCUT2D eigenvalue weighted by Crippen LogP contribution is -2.30. The lowest BCUT2D eigenvalue weighted by molar-refractivity contribution is -0.113. The Hall–Kier alpha value is -3.93. The number of phenolic OH excluding ortho intramolecular Hbond substituents is 1. The lowest BCUT2D eigenvalue weighted by atomic mass is 10.1. The Morgan fingerprint density at radius 1 is 0.857 bits per heavy atom. The van der Waals surface area contributed by atoms with Crippen LogP contribution in [0.25, 0.3) is 6.08 Å². The molecule has 2 amide bonds. The second kappa shape index (κ2) is 8.64. The Bertz CT molecular complexity index is 1020. The average Bonchev–Trinajstić information content (AvgIpc) is 2.71. The van der Waals surface area contributed by atoms with E-state index in [4.69, 9.17) is 0 Å². The van der Waals surface area contributed by atoms with Crippen LogP contribution in [0, 0.1) is 5.82 Å². The molecule has 0 saturated carbocycles. The van der Waals surface area contributed by atoms with Crippen molar-refractivity contribution in [3.8, 4) is 5.75 Å². The SMILES string of the molecule is O=C(Nc1ccccc1O)C(=Cc1ccc(F)cc1)NC(=O)c1ccccc1. The van der Waals surface area contributed by atoms with Crippen LogP contribution in [0.2, 0.25) is 0 Å². The number of halogens is 1. The van der Waals surface area contributed by atoms with Gasteiger partial charge in [0.2, 0.25) is 0 Å². The highest BCUT2D eigenvalue weighted by atomic mass is 19.1. The molecule has 0 radical (unpaired) electrons. The maximum Gasteiger partial charge on any atom is 0.272 e. The number of rotatable bonds is 5. The van der Waals surface area contributed by atoms with Gasteiger partial charge < -0.3 is 15.7 Å². The average molecular weight is 376 g/mol. The van der Waals surface area contributed by atoms with Crippen molar-refractivity contribution in [2.75, 3.05) is 5.32 Å². The van der Waals surface area contributed by atoms with E-state index in [1.807, 2.05) is 0 Å². The van der Waals surface area contributed by atoms with Gasteiger partial charge in [0, 0.05) is 5.56 Å². The van der Waals surface area contributed by atoms with Crippen LogP contribution < -0.4 is 10.6 Å². The minimum atomic E-state index is -0.630. The number of benzene rings is 3. The molecule has 140 valence electrons. The van der Waals surface area contributed by atoms with E-state index in [9.17, 15) is 19.1 Å². The van der Waals surface area contributed by atoms with Crippen LogP contribution in [0.3, 0.4) is 0 Å². The Balaban J connectivity index is 1.89. The molecule has 0 aliphatic carbocycles. The molecule has 0 saturated heterocycles. The maximum absolute atomic E-state index is 13.1. The number of hydrogen-bond acceptors (Lipinski definition) is 3. The summed E-state index contributed by atoms with van der Waals surface area (Å²) in [5, 5.41) is 15.0. The molecule has 0 aliphatic heterocycles. The van der Waals surface area contributed by atoms with Gasteiger partial charge in [0.15, 0.2) is 0 Å². The molecule has 0 fully saturated rings. The summed E-state index contributed by atoms with van der Waals surface area (Å²) in [6.07, 6.45) is 1.43. The van der Waals surface area contributed by atoms with E-state index < -0.39 is 17.6 Å². The summed E-state index contributed by atoms with van der Waals surface area (Å²) < 4.78 is 13.1. The van der Waals surface area contributed by atoms with Gasteiger partial charge in [-0.1, -0.05) is 42.5 Å². The van der Waals surface area contributed by atoms with Crippen LogP contribution in [-0.4, -0.2) is 16.9 Å². The molecule has 3 aromatic rings. The van der Waals surface area contributed by atoms with Gasteiger partial charge in [-0.25, -0.2) is 4.39 Å². The van der Waals surface area contributed by atoms with Crippen LogP contribution in [0.5, 0.6) is 5.75 Å². The highest BCUT2D eigenvalue weighted by molar-refractivity contribution is 6.11. The van der Waals surface area contributed by atoms with Gasteiger partial charge in [0.25, 0.3) is 11.8 Å². The monoisotopic (exact) mass is 376 g/mol. The zero-order valence-corrected chi connectivity index (χ0v) is 14.7. The second-order valence-electron chi connectivity index (χ2n) is 5.90. The minimum absolute atomic E-state index is 0.0521. The summed E-state index contributed by atoms with van der Waals surface area (Å²) in [6.45, 7) is 0. The van der Waals surface area contributed by atoms with E-state index in [1.165, 1.54) is 42.5 Å². The maximum atomic E-state index is 13.1. The zero-order chi connectivity index (χ0) is 19.9.